The molecule has 2 atom stereocenters. The van der Waals surface area contributed by atoms with Crippen molar-refractivity contribution in [3.8, 4) is 5.75 Å². The quantitative estimate of drug-likeness (QED) is 0.711. The molecule has 0 saturated carbocycles. The van der Waals surface area contributed by atoms with Crippen LogP contribution in [0.25, 0.3) is 0 Å². The molecule has 0 aliphatic heterocycles. The Labute approximate surface area is 121 Å². The summed E-state index contributed by atoms with van der Waals surface area (Å²) in [4.78, 5) is 0. The first kappa shape index (κ1) is 16.1. The summed E-state index contributed by atoms with van der Waals surface area (Å²) in [7, 11) is 0. The lowest BCUT2D eigenvalue weighted by Gasteiger charge is -2.26. The summed E-state index contributed by atoms with van der Waals surface area (Å²) in [5.74, 6) is 0.810. The maximum atomic E-state index is 5.97. The molecular weight excluding hydrogens is 258 g/mol. The van der Waals surface area contributed by atoms with E-state index in [1.54, 1.807) is 0 Å². The minimum Gasteiger partial charge on any atom is -0.489 e. The van der Waals surface area contributed by atoms with E-state index < -0.39 is 0 Å². The molecule has 0 amide bonds. The molecule has 1 aromatic rings. The van der Waals surface area contributed by atoms with Gasteiger partial charge in [-0.1, -0.05) is 30.2 Å². The number of hydrogen-bond donors (Lipinski definition) is 1. The zero-order chi connectivity index (χ0) is 14.3. The topological polar surface area (TPSA) is 21.3 Å². The Hall–Kier alpha value is -0.990. The van der Waals surface area contributed by atoms with Gasteiger partial charge in [-0.05, 0) is 51.4 Å². The minimum atomic E-state index is 0.0710. The molecule has 19 heavy (non-hydrogen) atoms. The molecule has 0 heterocycles. The van der Waals surface area contributed by atoms with Gasteiger partial charge in [0.15, 0.2) is 0 Å². The van der Waals surface area contributed by atoms with Crippen molar-refractivity contribution in [1.82, 2.24) is 5.32 Å². The normalized spacial score (nSPS) is 13.9. The molecule has 106 valence electrons. The molecule has 0 bridgehead atoms. The van der Waals surface area contributed by atoms with Gasteiger partial charge in [-0.15, -0.1) is 6.58 Å². The Morgan fingerprint density at radius 3 is 2.79 bits per heavy atom. The second-order valence-electron chi connectivity index (χ2n) is 5.00. The summed E-state index contributed by atoms with van der Waals surface area (Å²) in [6.07, 6.45) is 2.10. The maximum absolute atomic E-state index is 5.97. The third kappa shape index (κ3) is 6.13. The van der Waals surface area contributed by atoms with Crippen LogP contribution >= 0.6 is 11.6 Å². The van der Waals surface area contributed by atoms with E-state index >= 15 is 0 Å². The van der Waals surface area contributed by atoms with Crippen LogP contribution in [0.3, 0.4) is 0 Å². The second kappa shape index (κ2) is 8.23. The van der Waals surface area contributed by atoms with Crippen LogP contribution in [-0.2, 0) is 0 Å². The van der Waals surface area contributed by atoms with Gasteiger partial charge in [-0.2, -0.15) is 0 Å². The summed E-state index contributed by atoms with van der Waals surface area (Å²) in [6.45, 7) is 11.3. The highest BCUT2D eigenvalue weighted by Gasteiger charge is 2.18. The van der Waals surface area contributed by atoms with E-state index in [4.69, 9.17) is 16.3 Å². The second-order valence-corrected chi connectivity index (χ2v) is 5.44. The van der Waals surface area contributed by atoms with Crippen molar-refractivity contribution < 1.29 is 4.74 Å². The summed E-state index contributed by atoms with van der Waals surface area (Å²) < 4.78 is 5.97. The van der Waals surface area contributed by atoms with Crippen molar-refractivity contribution in [2.24, 2.45) is 0 Å². The Morgan fingerprint density at radius 1 is 1.47 bits per heavy atom. The summed E-state index contributed by atoms with van der Waals surface area (Å²) in [5.41, 5.74) is 1.16. The van der Waals surface area contributed by atoms with Gasteiger partial charge >= 0.3 is 0 Å². The maximum Gasteiger partial charge on any atom is 0.121 e. The molecule has 3 heteroatoms. The average Bonchev–Trinajstić information content (AvgIpc) is 2.34. The molecule has 0 spiro atoms. The van der Waals surface area contributed by atoms with Crippen LogP contribution in [0.4, 0.5) is 0 Å². The van der Waals surface area contributed by atoms with Crippen LogP contribution in [0.2, 0.25) is 5.02 Å². The van der Waals surface area contributed by atoms with Gasteiger partial charge in [0.1, 0.15) is 11.9 Å². The predicted molar refractivity (Wildman–Crippen MR) is 83.1 cm³/mol. The van der Waals surface area contributed by atoms with E-state index in [9.17, 15) is 0 Å². The van der Waals surface area contributed by atoms with E-state index in [-0.39, 0.29) is 12.1 Å². The van der Waals surface area contributed by atoms with E-state index in [1.165, 1.54) is 0 Å². The van der Waals surface area contributed by atoms with Gasteiger partial charge in [0, 0.05) is 11.1 Å². The molecular formula is C16H24ClNO. The van der Waals surface area contributed by atoms with E-state index in [0.29, 0.717) is 5.02 Å². The van der Waals surface area contributed by atoms with Crippen LogP contribution in [0, 0.1) is 0 Å². The molecule has 0 aromatic heterocycles. The number of halogens is 1. The van der Waals surface area contributed by atoms with Crippen molar-refractivity contribution in [3.05, 3.63) is 41.4 Å². The highest BCUT2D eigenvalue weighted by Crippen LogP contribution is 2.20. The fraction of sp³-hybridized carbons (Fsp3) is 0.500. The fourth-order valence-electron chi connectivity index (χ4n) is 1.95. The smallest absolute Gasteiger partial charge is 0.121 e. The third-order valence-electron chi connectivity index (χ3n) is 2.91. The highest BCUT2D eigenvalue weighted by atomic mass is 35.5. The first-order valence-corrected chi connectivity index (χ1v) is 7.20. The van der Waals surface area contributed by atoms with Crippen LogP contribution in [0.15, 0.2) is 36.4 Å². The van der Waals surface area contributed by atoms with Gasteiger partial charge in [0.2, 0.25) is 0 Å². The molecule has 0 fully saturated rings. The fourth-order valence-corrected chi connectivity index (χ4v) is 2.13. The van der Waals surface area contributed by atoms with E-state index in [2.05, 4.69) is 25.7 Å². The Kier molecular flexibility index (Phi) is 6.96. The first-order chi connectivity index (χ1) is 9.02. The molecule has 2 unspecified atom stereocenters. The summed E-state index contributed by atoms with van der Waals surface area (Å²) >= 11 is 5.97. The lowest BCUT2D eigenvalue weighted by atomic mass is 10.0. The lowest BCUT2D eigenvalue weighted by molar-refractivity contribution is 0.169. The van der Waals surface area contributed by atoms with Gasteiger partial charge in [0.05, 0.1) is 0 Å². The molecule has 2 nitrogen and oxygen atoms in total. The van der Waals surface area contributed by atoms with E-state index in [1.807, 2.05) is 31.2 Å². The Balaban J connectivity index is 2.64. The molecule has 0 aliphatic rings. The van der Waals surface area contributed by atoms with Gasteiger partial charge in [0.25, 0.3) is 0 Å². The van der Waals surface area contributed by atoms with Crippen LogP contribution in [0.1, 0.15) is 33.6 Å². The number of benzene rings is 1. The minimum absolute atomic E-state index is 0.0710. The summed E-state index contributed by atoms with van der Waals surface area (Å²) in [6, 6.07) is 7.80. The average molecular weight is 282 g/mol. The monoisotopic (exact) mass is 281 g/mol. The Bertz CT molecular complexity index is 405. The van der Waals surface area contributed by atoms with Gasteiger partial charge < -0.3 is 10.1 Å². The molecule has 0 radical (unpaired) electrons. The number of rotatable bonds is 8. The van der Waals surface area contributed by atoms with Gasteiger partial charge in [-0.3, -0.25) is 0 Å². The van der Waals surface area contributed by atoms with Crippen molar-refractivity contribution in [2.75, 3.05) is 6.54 Å². The lowest BCUT2D eigenvalue weighted by Crippen LogP contribution is -2.41. The van der Waals surface area contributed by atoms with Crippen molar-refractivity contribution in [1.29, 1.82) is 0 Å². The Morgan fingerprint density at radius 2 is 2.21 bits per heavy atom. The highest BCUT2D eigenvalue weighted by molar-refractivity contribution is 6.30. The summed E-state index contributed by atoms with van der Waals surface area (Å²) in [5, 5.41) is 4.21. The third-order valence-corrected chi connectivity index (χ3v) is 3.14. The predicted octanol–water partition coefficient (Wildman–Crippen LogP) is 4.44. The van der Waals surface area contributed by atoms with Crippen LogP contribution in [-0.4, -0.2) is 18.7 Å². The van der Waals surface area contributed by atoms with Crippen molar-refractivity contribution in [2.45, 2.75) is 45.8 Å². The standard InChI is InChI=1S/C16H24ClNO/c1-5-9-18-16(10-12(2)3)13(4)19-15-8-6-7-14(17)11-15/h6-8,11,13,16,18H,2,5,9-10H2,1,3-4H3. The zero-order valence-electron chi connectivity index (χ0n) is 12.1. The molecule has 1 rings (SSSR count). The molecule has 1 N–H and O–H groups in total. The zero-order valence-corrected chi connectivity index (χ0v) is 12.8. The van der Waals surface area contributed by atoms with Gasteiger partial charge in [-0.25, -0.2) is 0 Å². The van der Waals surface area contributed by atoms with Crippen LogP contribution in [0.5, 0.6) is 5.75 Å². The molecule has 0 aliphatic carbocycles. The van der Waals surface area contributed by atoms with Crippen molar-refractivity contribution >= 4 is 11.6 Å². The van der Waals surface area contributed by atoms with Crippen LogP contribution < -0.4 is 10.1 Å². The number of ether oxygens (including phenoxy) is 1. The SMILES string of the molecule is C=C(C)CC(NCCC)C(C)Oc1cccc(Cl)c1. The number of hydrogen-bond acceptors (Lipinski definition) is 2. The largest absolute Gasteiger partial charge is 0.489 e. The molecule has 0 saturated heterocycles. The van der Waals surface area contributed by atoms with Crippen molar-refractivity contribution in [3.63, 3.8) is 0 Å². The molecule has 1 aromatic carbocycles. The van der Waals surface area contributed by atoms with E-state index in [0.717, 1.165) is 30.7 Å². The number of nitrogens with one attached hydrogen (secondary N) is 1. The first-order valence-electron chi connectivity index (χ1n) is 6.83.